The largest absolute Gasteiger partial charge is 0.480 e. The molecular formula is C14H29N3O3. The summed E-state index contributed by atoms with van der Waals surface area (Å²) in [5.41, 5.74) is -1.21. The van der Waals surface area contributed by atoms with Crippen molar-refractivity contribution in [1.29, 1.82) is 0 Å². The van der Waals surface area contributed by atoms with E-state index in [2.05, 4.69) is 31.1 Å². The van der Waals surface area contributed by atoms with Gasteiger partial charge in [0.15, 0.2) is 0 Å². The Kier molecular flexibility index (Phi) is 7.57. The van der Waals surface area contributed by atoms with Gasteiger partial charge in [0.05, 0.1) is 0 Å². The molecule has 0 aromatic heterocycles. The smallest absolute Gasteiger partial charge is 0.329 e. The number of hydrogen-bond acceptors (Lipinski definition) is 3. The van der Waals surface area contributed by atoms with E-state index in [1.807, 2.05) is 0 Å². The third-order valence-corrected chi connectivity index (χ3v) is 3.76. The molecule has 0 atom stereocenters. The van der Waals surface area contributed by atoms with Crippen molar-refractivity contribution in [3.05, 3.63) is 0 Å². The van der Waals surface area contributed by atoms with Crippen LogP contribution in [0.15, 0.2) is 0 Å². The zero-order valence-electron chi connectivity index (χ0n) is 13.6. The molecule has 0 fully saturated rings. The summed E-state index contributed by atoms with van der Waals surface area (Å²) in [6, 6.07) is 0.168. The standard InChI is InChI=1S/C14H29N3O3/c1-11(2)16(5)10-8-7-9-15-13(20)17(6)14(3,4)12(18)19/h11H,7-10H2,1-6H3,(H,15,20)(H,18,19). The summed E-state index contributed by atoms with van der Waals surface area (Å²) in [7, 11) is 3.57. The van der Waals surface area contributed by atoms with Gasteiger partial charge in [-0.1, -0.05) is 0 Å². The fourth-order valence-electron chi connectivity index (χ4n) is 1.46. The van der Waals surface area contributed by atoms with E-state index < -0.39 is 11.5 Å². The Morgan fingerprint density at radius 2 is 1.75 bits per heavy atom. The number of carbonyl (C=O) groups is 2. The summed E-state index contributed by atoms with van der Waals surface area (Å²) in [4.78, 5) is 26.4. The summed E-state index contributed by atoms with van der Waals surface area (Å²) in [6.45, 7) is 8.85. The number of hydrogen-bond donors (Lipinski definition) is 2. The van der Waals surface area contributed by atoms with Crippen molar-refractivity contribution in [1.82, 2.24) is 15.1 Å². The van der Waals surface area contributed by atoms with Crippen LogP contribution in [0.2, 0.25) is 0 Å². The maximum atomic E-state index is 11.8. The topological polar surface area (TPSA) is 72.9 Å². The molecule has 6 heteroatoms. The van der Waals surface area contributed by atoms with Gasteiger partial charge in [-0.05, 0) is 54.1 Å². The van der Waals surface area contributed by atoms with Gasteiger partial charge in [0.25, 0.3) is 0 Å². The molecule has 20 heavy (non-hydrogen) atoms. The third-order valence-electron chi connectivity index (χ3n) is 3.76. The molecule has 0 aromatic rings. The van der Waals surface area contributed by atoms with Gasteiger partial charge in [-0.15, -0.1) is 0 Å². The lowest BCUT2D eigenvalue weighted by Gasteiger charge is -2.31. The molecule has 2 amide bonds. The van der Waals surface area contributed by atoms with Crippen LogP contribution >= 0.6 is 0 Å². The van der Waals surface area contributed by atoms with Crippen LogP contribution in [-0.4, -0.2) is 65.7 Å². The number of carboxylic acid groups (broad SMARTS) is 1. The summed E-state index contributed by atoms with van der Waals surface area (Å²) in [6.07, 6.45) is 1.88. The lowest BCUT2D eigenvalue weighted by atomic mass is 10.1. The molecule has 0 unspecified atom stereocenters. The van der Waals surface area contributed by atoms with Crippen molar-refractivity contribution >= 4 is 12.0 Å². The minimum Gasteiger partial charge on any atom is -0.480 e. The number of aliphatic carboxylic acids is 1. The second kappa shape index (κ2) is 8.09. The van der Waals surface area contributed by atoms with Gasteiger partial charge in [-0.2, -0.15) is 0 Å². The summed E-state index contributed by atoms with van der Waals surface area (Å²) >= 11 is 0. The Hall–Kier alpha value is -1.30. The fraction of sp³-hybridized carbons (Fsp3) is 0.857. The van der Waals surface area contributed by atoms with E-state index in [9.17, 15) is 9.59 Å². The van der Waals surface area contributed by atoms with Crippen molar-refractivity contribution in [2.24, 2.45) is 0 Å². The SMILES string of the molecule is CC(C)N(C)CCCCNC(=O)N(C)C(C)(C)C(=O)O. The Balaban J connectivity index is 3.98. The van der Waals surface area contributed by atoms with Gasteiger partial charge >= 0.3 is 12.0 Å². The number of carboxylic acids is 1. The van der Waals surface area contributed by atoms with Gasteiger partial charge in [0, 0.05) is 19.6 Å². The second-order valence-electron chi connectivity index (χ2n) is 5.94. The zero-order valence-corrected chi connectivity index (χ0v) is 13.6. The number of amides is 2. The molecular weight excluding hydrogens is 258 g/mol. The lowest BCUT2D eigenvalue weighted by molar-refractivity contribution is -0.146. The van der Waals surface area contributed by atoms with Gasteiger partial charge in [0.1, 0.15) is 5.54 Å². The molecule has 118 valence electrons. The first-order chi connectivity index (χ1) is 9.10. The molecule has 0 spiro atoms. The van der Waals surface area contributed by atoms with Crippen LogP contribution in [-0.2, 0) is 4.79 Å². The predicted octanol–water partition coefficient (Wildman–Crippen LogP) is 1.61. The molecule has 0 saturated carbocycles. The highest BCUT2D eigenvalue weighted by Gasteiger charge is 2.34. The second-order valence-corrected chi connectivity index (χ2v) is 5.94. The Morgan fingerprint density at radius 1 is 1.20 bits per heavy atom. The first-order valence-electron chi connectivity index (χ1n) is 7.06. The molecule has 0 heterocycles. The average Bonchev–Trinajstić information content (AvgIpc) is 2.36. The molecule has 0 aliphatic heterocycles. The monoisotopic (exact) mass is 287 g/mol. The van der Waals surface area contributed by atoms with Gasteiger partial charge in [-0.25, -0.2) is 9.59 Å². The minimum absolute atomic E-state index is 0.352. The van der Waals surface area contributed by atoms with Crippen molar-refractivity contribution in [2.75, 3.05) is 27.2 Å². The van der Waals surface area contributed by atoms with Gasteiger partial charge in [-0.3, -0.25) is 0 Å². The van der Waals surface area contributed by atoms with Gasteiger partial charge < -0.3 is 20.2 Å². The average molecular weight is 287 g/mol. The van der Waals surface area contributed by atoms with Gasteiger partial charge in [0.2, 0.25) is 0 Å². The van der Waals surface area contributed by atoms with Crippen LogP contribution in [0.3, 0.4) is 0 Å². The van der Waals surface area contributed by atoms with E-state index in [4.69, 9.17) is 5.11 Å². The van der Waals surface area contributed by atoms with Crippen LogP contribution in [0.25, 0.3) is 0 Å². The molecule has 0 saturated heterocycles. The van der Waals surface area contributed by atoms with Crippen molar-refractivity contribution < 1.29 is 14.7 Å². The Labute approximate surface area is 122 Å². The van der Waals surface area contributed by atoms with Crippen molar-refractivity contribution in [2.45, 2.75) is 52.1 Å². The first-order valence-corrected chi connectivity index (χ1v) is 7.06. The molecule has 6 nitrogen and oxygen atoms in total. The normalized spacial score (nSPS) is 11.8. The van der Waals surface area contributed by atoms with E-state index in [1.165, 1.54) is 25.8 Å². The molecule has 0 rings (SSSR count). The van der Waals surface area contributed by atoms with E-state index in [0.717, 1.165) is 19.4 Å². The third kappa shape index (κ3) is 5.77. The molecule has 0 aliphatic rings. The molecule has 2 N–H and O–H groups in total. The van der Waals surface area contributed by atoms with E-state index in [1.54, 1.807) is 0 Å². The number of nitrogens with zero attached hydrogens (tertiary/aromatic N) is 2. The Morgan fingerprint density at radius 3 is 2.20 bits per heavy atom. The molecule has 0 aromatic carbocycles. The van der Waals surface area contributed by atoms with Crippen LogP contribution in [0, 0.1) is 0 Å². The summed E-state index contributed by atoms with van der Waals surface area (Å²) < 4.78 is 0. The maximum Gasteiger partial charge on any atom is 0.329 e. The molecule has 0 bridgehead atoms. The number of urea groups is 1. The quantitative estimate of drug-likeness (QED) is 0.665. The zero-order chi connectivity index (χ0) is 15.9. The number of nitrogens with one attached hydrogen (secondary N) is 1. The van der Waals surface area contributed by atoms with Crippen LogP contribution in [0.1, 0.15) is 40.5 Å². The highest BCUT2D eigenvalue weighted by atomic mass is 16.4. The van der Waals surface area contributed by atoms with E-state index >= 15 is 0 Å². The highest BCUT2D eigenvalue weighted by Crippen LogP contribution is 2.12. The Bertz CT molecular complexity index is 330. The number of carbonyl (C=O) groups excluding carboxylic acids is 1. The van der Waals surface area contributed by atoms with E-state index in [-0.39, 0.29) is 6.03 Å². The summed E-state index contributed by atoms with van der Waals surface area (Å²) in [5, 5.41) is 11.8. The number of likely N-dealkylation sites (N-methyl/N-ethyl adjacent to an activating group) is 1. The highest BCUT2D eigenvalue weighted by molar-refractivity contribution is 5.85. The lowest BCUT2D eigenvalue weighted by Crippen LogP contribution is -2.54. The predicted molar refractivity (Wildman–Crippen MR) is 79.9 cm³/mol. The van der Waals surface area contributed by atoms with Crippen LogP contribution in [0.5, 0.6) is 0 Å². The number of rotatable bonds is 8. The van der Waals surface area contributed by atoms with Crippen molar-refractivity contribution in [3.63, 3.8) is 0 Å². The summed E-state index contributed by atoms with van der Waals surface area (Å²) in [5.74, 6) is -1.02. The number of unbranched alkanes of at least 4 members (excludes halogenated alkanes) is 1. The first kappa shape index (κ1) is 18.7. The van der Waals surface area contributed by atoms with E-state index in [0.29, 0.717) is 12.6 Å². The minimum atomic E-state index is -1.21. The molecule has 0 radical (unpaired) electrons. The fourth-order valence-corrected chi connectivity index (χ4v) is 1.46. The maximum absolute atomic E-state index is 11.8. The van der Waals surface area contributed by atoms with Crippen molar-refractivity contribution in [3.8, 4) is 0 Å². The molecule has 0 aliphatic carbocycles. The van der Waals surface area contributed by atoms with Crippen LogP contribution in [0.4, 0.5) is 4.79 Å². The van der Waals surface area contributed by atoms with Crippen LogP contribution < -0.4 is 5.32 Å².